The largest absolute Gasteiger partial charge is 0.216 e. The molecule has 1 rings (SSSR count). The molecule has 0 aliphatic rings. The summed E-state index contributed by atoms with van der Waals surface area (Å²) in [4.78, 5) is 0. The summed E-state index contributed by atoms with van der Waals surface area (Å²) in [5.74, 6) is 0. The van der Waals surface area contributed by atoms with Crippen molar-refractivity contribution in [3.63, 3.8) is 0 Å². The van der Waals surface area contributed by atoms with Crippen LogP contribution in [0.15, 0.2) is 30.3 Å². The Bertz CT molecular complexity index is 216. The van der Waals surface area contributed by atoms with E-state index in [1.54, 1.807) is 12.1 Å². The molecule has 0 heterocycles. The lowest BCUT2D eigenvalue weighted by Gasteiger charge is -2.09. The fourth-order valence-electron chi connectivity index (χ4n) is 0.627. The maximum absolute atomic E-state index is 5.59. The molecular weight excluding hydrogens is 273 g/mol. The minimum absolute atomic E-state index is 0.194. The van der Waals surface area contributed by atoms with E-state index in [0.29, 0.717) is 5.56 Å². The van der Waals surface area contributed by atoms with Crippen LogP contribution in [0.25, 0.3) is 0 Å². The van der Waals surface area contributed by atoms with Gasteiger partial charge in [-0.15, -0.1) is 23.2 Å². The van der Waals surface area contributed by atoms with Gasteiger partial charge in [-0.05, 0) is 0 Å². The van der Waals surface area contributed by atoms with Crippen LogP contribution in [0, 0.1) is 0 Å². The fourth-order valence-corrected chi connectivity index (χ4v) is 1.01. The summed E-state index contributed by atoms with van der Waals surface area (Å²) in [6.07, 6.45) is 0. The molecule has 0 nitrogen and oxygen atoms in total. The first-order valence-electron chi connectivity index (χ1n) is 3.26. The average molecular weight is 280 g/mol. The molecule has 0 bridgehead atoms. The number of hydrogen-bond donors (Lipinski definition) is 0. The van der Waals surface area contributed by atoms with E-state index in [-0.39, 0.29) is 5.34 Å². The van der Waals surface area contributed by atoms with Crippen LogP contribution in [0.3, 0.4) is 0 Å². The van der Waals surface area contributed by atoms with Crippen molar-refractivity contribution >= 4 is 58.0 Å². The van der Waals surface area contributed by atoms with Gasteiger partial charge in [-0.1, -0.05) is 65.1 Å². The zero-order valence-corrected chi connectivity index (χ0v) is 10.3. The molecule has 0 unspecified atom stereocenters. The van der Waals surface area contributed by atoms with Gasteiger partial charge in [0.15, 0.2) is 0 Å². The third-order valence-corrected chi connectivity index (χ3v) is 1.76. The van der Waals surface area contributed by atoms with Gasteiger partial charge in [-0.25, -0.2) is 0 Å². The second-order valence-electron chi connectivity index (χ2n) is 1.96. The van der Waals surface area contributed by atoms with E-state index in [2.05, 4.69) is 0 Å². The second-order valence-corrected chi connectivity index (χ2v) is 5.05. The van der Waals surface area contributed by atoms with Crippen molar-refractivity contribution in [2.75, 3.05) is 5.34 Å². The number of halogens is 5. The molecule has 0 aromatic heterocycles. The van der Waals surface area contributed by atoms with Crippen molar-refractivity contribution in [1.29, 1.82) is 0 Å². The van der Waals surface area contributed by atoms with Gasteiger partial charge in [0.05, 0.1) is 5.34 Å². The third kappa shape index (κ3) is 6.70. The highest BCUT2D eigenvalue weighted by Gasteiger charge is 2.21. The van der Waals surface area contributed by atoms with E-state index in [1.807, 2.05) is 18.2 Å². The molecule has 1 aromatic carbocycles. The van der Waals surface area contributed by atoms with Crippen molar-refractivity contribution in [2.45, 2.75) is 3.79 Å². The molecule has 0 amide bonds. The van der Waals surface area contributed by atoms with Crippen molar-refractivity contribution in [2.24, 2.45) is 0 Å². The first-order chi connectivity index (χ1) is 6.02. The first kappa shape index (κ1) is 13.7. The molecule has 74 valence electrons. The van der Waals surface area contributed by atoms with Gasteiger partial charge in [0.2, 0.25) is 3.79 Å². The number of hydrogen-bond acceptors (Lipinski definition) is 0. The molecule has 0 fully saturated rings. The van der Waals surface area contributed by atoms with Crippen LogP contribution < -0.4 is 0 Å². The highest BCUT2D eigenvalue weighted by molar-refractivity contribution is 6.66. The summed E-state index contributed by atoms with van der Waals surface area (Å²) in [5.41, 5.74) is 0.694. The molecule has 0 aliphatic heterocycles. The second kappa shape index (κ2) is 7.03. The minimum Gasteiger partial charge on any atom is -0.109 e. The normalized spacial score (nSPS) is 10.2. The third-order valence-electron chi connectivity index (χ3n) is 1.10. The maximum Gasteiger partial charge on any atom is 0.216 e. The first-order valence-corrected chi connectivity index (χ1v) is 5.47. The lowest BCUT2D eigenvalue weighted by Crippen LogP contribution is -1.98. The molecule has 0 saturated carbocycles. The molecule has 0 saturated heterocycles. The Morgan fingerprint density at radius 1 is 0.923 bits per heavy atom. The Labute approximate surface area is 103 Å². The van der Waals surface area contributed by atoms with Gasteiger partial charge >= 0.3 is 0 Å². The van der Waals surface area contributed by atoms with Crippen molar-refractivity contribution in [3.8, 4) is 0 Å². The van der Waals surface area contributed by atoms with E-state index >= 15 is 0 Å². The predicted octanol–water partition coefficient (Wildman–Crippen LogP) is 4.93. The summed E-state index contributed by atoms with van der Waals surface area (Å²) in [5, 5.41) is 0.194. The Kier molecular flexibility index (Phi) is 7.39. The van der Waals surface area contributed by atoms with Crippen LogP contribution in [-0.4, -0.2) is 5.34 Å². The lowest BCUT2D eigenvalue weighted by molar-refractivity contribution is 1.24. The lowest BCUT2D eigenvalue weighted by atomic mass is 10.2. The molecule has 0 atom stereocenters. The van der Waals surface area contributed by atoms with Gasteiger partial charge in [-0.3, -0.25) is 0 Å². The Balaban J connectivity index is 0.000000424. The SMILES string of the molecule is ClC(Cl)(Cl)c1ccccc1.ClCCl. The number of rotatable bonds is 0. The van der Waals surface area contributed by atoms with Crippen molar-refractivity contribution in [1.82, 2.24) is 0 Å². The van der Waals surface area contributed by atoms with Crippen LogP contribution in [0.5, 0.6) is 0 Å². The van der Waals surface area contributed by atoms with E-state index in [4.69, 9.17) is 58.0 Å². The van der Waals surface area contributed by atoms with E-state index in [1.165, 1.54) is 0 Å². The number of benzene rings is 1. The fraction of sp³-hybridized carbons (Fsp3) is 0.250. The topological polar surface area (TPSA) is 0 Å². The average Bonchev–Trinajstić information content (AvgIpc) is 2.06. The highest BCUT2D eigenvalue weighted by atomic mass is 35.6. The summed E-state index contributed by atoms with van der Waals surface area (Å²) >= 11 is 26.3. The van der Waals surface area contributed by atoms with Gasteiger partial charge < -0.3 is 0 Å². The van der Waals surface area contributed by atoms with Crippen LogP contribution in [-0.2, 0) is 3.79 Å². The van der Waals surface area contributed by atoms with E-state index in [9.17, 15) is 0 Å². The van der Waals surface area contributed by atoms with Gasteiger partial charge in [0.25, 0.3) is 0 Å². The summed E-state index contributed by atoms with van der Waals surface area (Å²) in [7, 11) is 0. The molecule has 13 heavy (non-hydrogen) atoms. The Morgan fingerprint density at radius 3 is 1.54 bits per heavy atom. The molecule has 0 N–H and O–H groups in total. The quantitative estimate of drug-likeness (QED) is 0.591. The van der Waals surface area contributed by atoms with Crippen molar-refractivity contribution < 1.29 is 0 Å². The summed E-state index contributed by atoms with van der Waals surface area (Å²) < 4.78 is -1.29. The number of alkyl halides is 5. The van der Waals surface area contributed by atoms with Crippen LogP contribution in [0.2, 0.25) is 0 Å². The van der Waals surface area contributed by atoms with Gasteiger partial charge in [-0.2, -0.15) is 0 Å². The van der Waals surface area contributed by atoms with Crippen molar-refractivity contribution in [3.05, 3.63) is 35.9 Å². The maximum atomic E-state index is 5.59. The molecule has 0 aliphatic carbocycles. The van der Waals surface area contributed by atoms with Crippen LogP contribution in [0.4, 0.5) is 0 Å². The van der Waals surface area contributed by atoms with E-state index < -0.39 is 3.79 Å². The van der Waals surface area contributed by atoms with E-state index in [0.717, 1.165) is 0 Å². The molecule has 1 aromatic rings. The zero-order valence-electron chi connectivity index (χ0n) is 6.48. The zero-order chi connectivity index (χ0) is 10.3. The Hall–Kier alpha value is 0.670. The molecule has 0 spiro atoms. The smallest absolute Gasteiger partial charge is 0.109 e. The monoisotopic (exact) mass is 278 g/mol. The summed E-state index contributed by atoms with van der Waals surface area (Å²) in [6, 6.07) is 9.08. The van der Waals surface area contributed by atoms with Gasteiger partial charge in [0.1, 0.15) is 0 Å². The molecule has 5 heteroatoms. The minimum atomic E-state index is -1.29. The van der Waals surface area contributed by atoms with Gasteiger partial charge in [0, 0.05) is 5.56 Å². The van der Waals surface area contributed by atoms with Crippen LogP contribution >= 0.6 is 58.0 Å². The standard InChI is InChI=1S/C7H5Cl3.CH2Cl2/c8-7(9,10)6-4-2-1-3-5-6;2-1-3/h1-5H;1H2. The molecular formula is C8H7Cl5. The molecule has 0 radical (unpaired) electrons. The highest BCUT2D eigenvalue weighted by Crippen LogP contribution is 2.37. The summed E-state index contributed by atoms with van der Waals surface area (Å²) in [6.45, 7) is 0. The predicted molar refractivity (Wildman–Crippen MR) is 62.3 cm³/mol. The Morgan fingerprint density at radius 2 is 1.31 bits per heavy atom. The van der Waals surface area contributed by atoms with Crippen LogP contribution in [0.1, 0.15) is 5.56 Å².